The number of nitrogens with zero attached hydrogens (tertiary/aromatic N) is 1. The van der Waals surface area contributed by atoms with Gasteiger partial charge in [0.05, 0.1) is 33.6 Å². The molecule has 0 fully saturated rings. The van der Waals surface area contributed by atoms with Crippen molar-refractivity contribution in [2.75, 3.05) is 6.54 Å². The van der Waals surface area contributed by atoms with Crippen molar-refractivity contribution < 1.29 is 14.3 Å². The highest BCUT2D eigenvalue weighted by molar-refractivity contribution is 7.17. The van der Waals surface area contributed by atoms with Crippen molar-refractivity contribution in [2.45, 2.75) is 32.8 Å². The van der Waals surface area contributed by atoms with Gasteiger partial charge in [0.25, 0.3) is 0 Å². The number of carbonyl (C=O) groups excluding carboxylic acids is 2. The number of ketones is 1. The fourth-order valence-electron chi connectivity index (χ4n) is 3.27. The number of carbonyl (C=O) groups is 2. The van der Waals surface area contributed by atoms with Gasteiger partial charge in [0.1, 0.15) is 11.9 Å². The Morgan fingerprint density at radius 3 is 2.86 bits per heavy atom. The van der Waals surface area contributed by atoms with Crippen LogP contribution < -0.4 is 10.1 Å². The van der Waals surface area contributed by atoms with Crippen LogP contribution in [0.3, 0.4) is 0 Å². The van der Waals surface area contributed by atoms with Crippen molar-refractivity contribution in [3.8, 4) is 16.2 Å². The maximum Gasteiger partial charge on any atom is 0.226 e. The van der Waals surface area contributed by atoms with E-state index in [1.807, 2.05) is 30.5 Å². The first-order valence-corrected chi connectivity index (χ1v) is 11.2. The van der Waals surface area contributed by atoms with E-state index in [4.69, 9.17) is 16.3 Å². The van der Waals surface area contributed by atoms with Gasteiger partial charge in [0, 0.05) is 22.2 Å². The highest BCUT2D eigenvalue weighted by Gasteiger charge is 2.26. The predicted octanol–water partition coefficient (Wildman–Crippen LogP) is 4.70. The highest BCUT2D eigenvalue weighted by Crippen LogP contribution is 2.41. The highest BCUT2D eigenvalue weighted by atomic mass is 35.5. The van der Waals surface area contributed by atoms with Crippen molar-refractivity contribution in [3.63, 3.8) is 0 Å². The molecule has 0 radical (unpaired) electrons. The van der Waals surface area contributed by atoms with Gasteiger partial charge in [-0.15, -0.1) is 22.7 Å². The van der Waals surface area contributed by atoms with Gasteiger partial charge < -0.3 is 10.1 Å². The first-order chi connectivity index (χ1) is 13.9. The van der Waals surface area contributed by atoms with E-state index in [9.17, 15) is 9.59 Å². The molecule has 1 aliphatic heterocycles. The molecule has 1 N–H and O–H groups in total. The SMILES string of the molecule is CC(=O)c1ccc(-c2cc(Cl)c3c(c2)CC(CNC(=O)Cc2csc(C)n2)O3)s1. The first-order valence-electron chi connectivity index (χ1n) is 9.17. The molecule has 2 aromatic heterocycles. The molecule has 3 heterocycles. The van der Waals surface area contributed by atoms with Crippen molar-refractivity contribution >= 4 is 46.0 Å². The fraction of sp³-hybridized carbons (Fsp3) is 0.286. The lowest BCUT2D eigenvalue weighted by molar-refractivity contribution is -0.120. The molecular formula is C21H19ClN2O3S2. The molecule has 150 valence electrons. The molecule has 5 nitrogen and oxygen atoms in total. The summed E-state index contributed by atoms with van der Waals surface area (Å²) in [6, 6.07) is 7.69. The zero-order valence-corrected chi connectivity index (χ0v) is 18.3. The minimum atomic E-state index is -0.157. The summed E-state index contributed by atoms with van der Waals surface area (Å²) in [4.78, 5) is 29.8. The lowest BCUT2D eigenvalue weighted by Gasteiger charge is -2.12. The predicted molar refractivity (Wildman–Crippen MR) is 116 cm³/mol. The van der Waals surface area contributed by atoms with E-state index in [0.717, 1.165) is 31.6 Å². The van der Waals surface area contributed by atoms with Crippen LogP contribution in [0.2, 0.25) is 5.02 Å². The van der Waals surface area contributed by atoms with E-state index >= 15 is 0 Å². The average Bonchev–Trinajstić information content (AvgIpc) is 3.39. The van der Waals surface area contributed by atoms with Gasteiger partial charge in [-0.2, -0.15) is 0 Å². The Kier molecular flexibility index (Phi) is 5.72. The monoisotopic (exact) mass is 446 g/mol. The topological polar surface area (TPSA) is 68.3 Å². The van der Waals surface area contributed by atoms with Crippen LogP contribution in [0.15, 0.2) is 29.6 Å². The third kappa shape index (κ3) is 4.52. The van der Waals surface area contributed by atoms with Crippen molar-refractivity contribution in [1.29, 1.82) is 0 Å². The molecule has 0 spiro atoms. The summed E-state index contributed by atoms with van der Waals surface area (Å²) in [6.07, 6.45) is 0.783. The van der Waals surface area contributed by atoms with Crippen LogP contribution in [0.4, 0.5) is 0 Å². The summed E-state index contributed by atoms with van der Waals surface area (Å²) in [5.74, 6) is 0.658. The van der Waals surface area contributed by atoms with Gasteiger partial charge in [-0.1, -0.05) is 11.6 Å². The molecule has 8 heteroatoms. The van der Waals surface area contributed by atoms with Crippen molar-refractivity contribution in [1.82, 2.24) is 10.3 Å². The maximum atomic E-state index is 12.2. The van der Waals surface area contributed by atoms with Crippen LogP contribution >= 0.6 is 34.3 Å². The lowest BCUT2D eigenvalue weighted by atomic mass is 10.1. The van der Waals surface area contributed by atoms with Crippen LogP contribution in [0.25, 0.3) is 10.4 Å². The summed E-state index contributed by atoms with van der Waals surface area (Å²) in [7, 11) is 0. The van der Waals surface area contributed by atoms with Crippen LogP contribution in [0.1, 0.15) is 32.9 Å². The van der Waals surface area contributed by atoms with Crippen LogP contribution in [0.5, 0.6) is 5.75 Å². The van der Waals surface area contributed by atoms with E-state index in [1.165, 1.54) is 22.7 Å². The zero-order chi connectivity index (χ0) is 20.5. The van der Waals surface area contributed by atoms with Crippen LogP contribution in [0, 0.1) is 6.92 Å². The van der Waals surface area contributed by atoms with E-state index in [-0.39, 0.29) is 24.2 Å². The van der Waals surface area contributed by atoms with E-state index in [0.29, 0.717) is 23.7 Å². The van der Waals surface area contributed by atoms with Gasteiger partial charge in [-0.05, 0) is 43.7 Å². The first kappa shape index (κ1) is 20.1. The number of aryl methyl sites for hydroxylation is 1. The molecule has 3 aromatic rings. The fourth-order valence-corrected chi connectivity index (χ4v) is 5.05. The molecule has 1 atom stereocenters. The molecule has 1 aliphatic rings. The third-order valence-electron chi connectivity index (χ3n) is 4.63. The number of halogens is 1. The van der Waals surface area contributed by atoms with Gasteiger partial charge in [0.15, 0.2) is 5.78 Å². The Balaban J connectivity index is 1.40. The number of benzene rings is 1. The standard InChI is InChI=1S/C21H19ClN2O3S2/c1-11(25)18-3-4-19(29-18)13-5-14-6-16(27-21(14)17(22)7-13)9-23-20(26)8-15-10-28-12(2)24-15/h3-5,7,10,16H,6,8-9H2,1-2H3,(H,23,26). The van der Waals surface area contributed by atoms with E-state index in [1.54, 1.807) is 6.92 Å². The Hall–Kier alpha value is -2.22. The van der Waals surface area contributed by atoms with Gasteiger partial charge in [0.2, 0.25) is 5.91 Å². The molecule has 4 rings (SSSR count). The lowest BCUT2D eigenvalue weighted by Crippen LogP contribution is -2.35. The normalized spacial score (nSPS) is 15.1. The number of thiophene rings is 1. The molecule has 0 aliphatic carbocycles. The molecule has 29 heavy (non-hydrogen) atoms. The average molecular weight is 447 g/mol. The number of amides is 1. The molecule has 1 amide bonds. The quantitative estimate of drug-likeness (QED) is 0.557. The van der Waals surface area contributed by atoms with Gasteiger partial charge >= 0.3 is 0 Å². The minimum absolute atomic E-state index is 0.0560. The molecule has 1 aromatic carbocycles. The molecular weight excluding hydrogens is 428 g/mol. The zero-order valence-electron chi connectivity index (χ0n) is 16.0. The number of ether oxygens (including phenoxy) is 1. The van der Waals surface area contributed by atoms with Crippen LogP contribution in [-0.4, -0.2) is 29.3 Å². The second-order valence-electron chi connectivity index (χ2n) is 6.95. The largest absolute Gasteiger partial charge is 0.486 e. The van der Waals surface area contributed by atoms with Gasteiger partial charge in [-0.25, -0.2) is 4.98 Å². The number of fused-ring (bicyclic) bond motifs is 1. The molecule has 1 unspecified atom stereocenters. The Morgan fingerprint density at radius 2 is 2.17 bits per heavy atom. The summed E-state index contributed by atoms with van der Waals surface area (Å²) in [5, 5.41) is 6.32. The van der Waals surface area contributed by atoms with E-state index in [2.05, 4.69) is 16.4 Å². The number of Topliss-reactive ketones (excluding diaryl/α,β-unsaturated/α-hetero) is 1. The summed E-state index contributed by atoms with van der Waals surface area (Å²) in [6.45, 7) is 3.90. The van der Waals surface area contributed by atoms with E-state index < -0.39 is 0 Å². The number of hydrogen-bond donors (Lipinski definition) is 1. The second-order valence-corrected chi connectivity index (χ2v) is 9.50. The third-order valence-corrected chi connectivity index (χ3v) is 6.96. The smallest absolute Gasteiger partial charge is 0.226 e. The van der Waals surface area contributed by atoms with Crippen molar-refractivity contribution in [3.05, 3.63) is 55.8 Å². The number of thiazole rings is 1. The number of rotatable bonds is 6. The number of nitrogens with one attached hydrogen (secondary N) is 1. The second kappa shape index (κ2) is 8.26. The Labute approximate surface area is 181 Å². The summed E-state index contributed by atoms with van der Waals surface area (Å²) < 4.78 is 5.97. The Bertz CT molecular complexity index is 1090. The minimum Gasteiger partial charge on any atom is -0.486 e. The maximum absolute atomic E-state index is 12.2. The van der Waals surface area contributed by atoms with Gasteiger partial charge in [-0.3, -0.25) is 9.59 Å². The summed E-state index contributed by atoms with van der Waals surface area (Å²) >= 11 is 9.44. The molecule has 0 saturated carbocycles. The van der Waals surface area contributed by atoms with Crippen LogP contribution in [-0.2, 0) is 17.6 Å². The number of hydrogen-bond acceptors (Lipinski definition) is 6. The Morgan fingerprint density at radius 1 is 1.34 bits per heavy atom. The molecule has 0 saturated heterocycles. The number of aromatic nitrogens is 1. The molecule has 0 bridgehead atoms. The van der Waals surface area contributed by atoms with Crippen molar-refractivity contribution in [2.24, 2.45) is 0 Å². The summed E-state index contributed by atoms with van der Waals surface area (Å²) in [5.41, 5.74) is 2.77.